The van der Waals surface area contributed by atoms with Crippen LogP contribution in [0.2, 0.25) is 0 Å². The highest BCUT2D eigenvalue weighted by atomic mass is 16.1. The highest BCUT2D eigenvalue weighted by Crippen LogP contribution is 2.20. The quantitative estimate of drug-likeness (QED) is 0.329. The minimum Gasteiger partial charge on any atom is -0.211 e. The third kappa shape index (κ3) is 6.97. The maximum absolute atomic E-state index is 10.3. The van der Waals surface area contributed by atoms with E-state index in [2.05, 4.69) is 24.2 Å². The lowest BCUT2D eigenvalue weighted by molar-refractivity contribution is 0.439. The Balaban J connectivity index is 4.35. The van der Waals surface area contributed by atoms with Crippen LogP contribution in [0.4, 0.5) is 0 Å². The van der Waals surface area contributed by atoms with Gasteiger partial charge in [-0.05, 0) is 38.5 Å². The second-order valence-corrected chi connectivity index (χ2v) is 3.83. The predicted octanol–water partition coefficient (Wildman–Crippen LogP) is 3.82. The Hall–Kier alpha value is -1.40. The van der Waals surface area contributed by atoms with Gasteiger partial charge in [-0.3, -0.25) is 0 Å². The number of allylic oxidation sites excluding steroid dienone is 3. The second-order valence-electron chi connectivity index (χ2n) is 3.83. The van der Waals surface area contributed by atoms with Crippen LogP contribution in [-0.4, -0.2) is 12.1 Å². The number of aliphatic imine (C=N–C) groups is 1. The van der Waals surface area contributed by atoms with Crippen molar-refractivity contribution in [2.24, 2.45) is 10.9 Å². The molecule has 0 N–H and O–H groups in total. The van der Waals surface area contributed by atoms with Crippen LogP contribution in [0.25, 0.3) is 0 Å². The largest absolute Gasteiger partial charge is 0.235 e. The van der Waals surface area contributed by atoms with Crippen LogP contribution in [0.1, 0.15) is 32.6 Å². The van der Waals surface area contributed by atoms with Crippen molar-refractivity contribution >= 4 is 6.08 Å². The molecule has 0 spiro atoms. The monoisotopic (exact) mass is 219 g/mol. The SMILES string of the molecule is C=CCC(CC=CC)CC(CC=C)N=C=O. The highest BCUT2D eigenvalue weighted by molar-refractivity contribution is 5.33. The summed E-state index contributed by atoms with van der Waals surface area (Å²) < 4.78 is 0. The minimum atomic E-state index is 0.0187. The Kier molecular flexibility index (Phi) is 9.24. The van der Waals surface area contributed by atoms with Gasteiger partial charge in [-0.1, -0.05) is 24.3 Å². The number of rotatable bonds is 9. The fraction of sp³-hybridized carbons (Fsp3) is 0.500. The molecule has 0 radical (unpaired) electrons. The zero-order valence-electron chi connectivity index (χ0n) is 10.1. The van der Waals surface area contributed by atoms with Crippen molar-refractivity contribution in [2.45, 2.75) is 38.6 Å². The summed E-state index contributed by atoms with van der Waals surface area (Å²) in [5.74, 6) is 0.496. The first-order valence-corrected chi connectivity index (χ1v) is 5.68. The van der Waals surface area contributed by atoms with Crippen molar-refractivity contribution in [1.82, 2.24) is 0 Å². The summed E-state index contributed by atoms with van der Waals surface area (Å²) in [6, 6.07) is 0.0187. The summed E-state index contributed by atoms with van der Waals surface area (Å²) >= 11 is 0. The topological polar surface area (TPSA) is 29.4 Å². The molecule has 2 heteroatoms. The van der Waals surface area contributed by atoms with Gasteiger partial charge in [0.05, 0.1) is 6.04 Å². The van der Waals surface area contributed by atoms with E-state index < -0.39 is 0 Å². The Morgan fingerprint density at radius 1 is 1.25 bits per heavy atom. The molecule has 0 aliphatic heterocycles. The summed E-state index contributed by atoms with van der Waals surface area (Å²) in [6.45, 7) is 9.44. The third-order valence-electron chi connectivity index (χ3n) is 2.48. The Morgan fingerprint density at radius 2 is 1.94 bits per heavy atom. The molecule has 2 nitrogen and oxygen atoms in total. The van der Waals surface area contributed by atoms with Crippen LogP contribution in [-0.2, 0) is 4.79 Å². The van der Waals surface area contributed by atoms with Crippen LogP contribution in [0.5, 0.6) is 0 Å². The maximum Gasteiger partial charge on any atom is 0.235 e. The Morgan fingerprint density at radius 3 is 2.44 bits per heavy atom. The summed E-state index contributed by atoms with van der Waals surface area (Å²) in [4.78, 5) is 14.1. The lowest BCUT2D eigenvalue weighted by atomic mass is 9.92. The molecule has 16 heavy (non-hydrogen) atoms. The van der Waals surface area contributed by atoms with Crippen molar-refractivity contribution in [3.05, 3.63) is 37.5 Å². The number of carbonyl (C=O) groups excluding carboxylic acids is 1. The molecule has 2 unspecified atom stereocenters. The summed E-state index contributed by atoms with van der Waals surface area (Å²) in [6.07, 6.45) is 13.1. The molecule has 0 rings (SSSR count). The van der Waals surface area contributed by atoms with E-state index in [0.29, 0.717) is 5.92 Å². The van der Waals surface area contributed by atoms with E-state index >= 15 is 0 Å². The highest BCUT2D eigenvalue weighted by Gasteiger charge is 2.12. The average molecular weight is 219 g/mol. The van der Waals surface area contributed by atoms with E-state index in [1.165, 1.54) is 0 Å². The zero-order valence-corrected chi connectivity index (χ0v) is 10.1. The molecule has 0 aliphatic rings. The molecule has 0 bridgehead atoms. The van der Waals surface area contributed by atoms with Gasteiger partial charge in [0, 0.05) is 0 Å². The van der Waals surface area contributed by atoms with Gasteiger partial charge >= 0.3 is 0 Å². The standard InChI is InChI=1S/C14H21NO/c1-4-7-10-13(8-5-2)11-14(9-6-3)15-12-16/h4-7,13-14H,2-3,8-11H2,1H3. The molecule has 0 saturated heterocycles. The zero-order chi connectivity index (χ0) is 12.2. The molecule has 0 aromatic rings. The summed E-state index contributed by atoms with van der Waals surface area (Å²) in [5, 5.41) is 0. The fourth-order valence-electron chi connectivity index (χ4n) is 1.71. The number of hydrogen-bond donors (Lipinski definition) is 0. The summed E-state index contributed by atoms with van der Waals surface area (Å²) in [7, 11) is 0. The van der Waals surface area contributed by atoms with Crippen LogP contribution in [0, 0.1) is 5.92 Å². The van der Waals surface area contributed by atoms with Crippen molar-refractivity contribution in [1.29, 1.82) is 0 Å². The van der Waals surface area contributed by atoms with Crippen LogP contribution in [0.3, 0.4) is 0 Å². The van der Waals surface area contributed by atoms with Crippen molar-refractivity contribution in [3.8, 4) is 0 Å². The van der Waals surface area contributed by atoms with Gasteiger partial charge in [0.2, 0.25) is 6.08 Å². The lowest BCUT2D eigenvalue weighted by Crippen LogP contribution is -2.10. The lowest BCUT2D eigenvalue weighted by Gasteiger charge is -2.16. The normalized spacial score (nSPS) is 14.1. The third-order valence-corrected chi connectivity index (χ3v) is 2.48. The minimum absolute atomic E-state index is 0.0187. The van der Waals surface area contributed by atoms with Gasteiger partial charge in [0.1, 0.15) is 0 Å². The molecular weight excluding hydrogens is 198 g/mol. The van der Waals surface area contributed by atoms with Gasteiger partial charge in [0.25, 0.3) is 0 Å². The molecule has 0 amide bonds. The van der Waals surface area contributed by atoms with E-state index in [0.717, 1.165) is 25.7 Å². The molecule has 2 atom stereocenters. The van der Waals surface area contributed by atoms with Crippen LogP contribution < -0.4 is 0 Å². The first-order chi connectivity index (χ1) is 7.78. The fourth-order valence-corrected chi connectivity index (χ4v) is 1.71. The van der Waals surface area contributed by atoms with Crippen molar-refractivity contribution in [3.63, 3.8) is 0 Å². The van der Waals surface area contributed by atoms with Gasteiger partial charge < -0.3 is 0 Å². The summed E-state index contributed by atoms with van der Waals surface area (Å²) in [5.41, 5.74) is 0. The van der Waals surface area contributed by atoms with E-state index in [1.807, 2.05) is 19.1 Å². The molecule has 0 fully saturated rings. The molecule has 0 aromatic carbocycles. The van der Waals surface area contributed by atoms with Crippen LogP contribution >= 0.6 is 0 Å². The number of nitrogens with zero attached hydrogens (tertiary/aromatic N) is 1. The molecule has 0 aliphatic carbocycles. The average Bonchev–Trinajstić information content (AvgIpc) is 2.27. The second kappa shape index (κ2) is 10.1. The van der Waals surface area contributed by atoms with E-state index in [1.54, 1.807) is 12.2 Å². The smallest absolute Gasteiger partial charge is 0.211 e. The van der Waals surface area contributed by atoms with Gasteiger partial charge in [0.15, 0.2) is 0 Å². The molecule has 0 aromatic heterocycles. The number of hydrogen-bond acceptors (Lipinski definition) is 2. The van der Waals surface area contributed by atoms with E-state index in [4.69, 9.17) is 0 Å². The molecular formula is C14H21NO. The van der Waals surface area contributed by atoms with Gasteiger partial charge in [-0.2, -0.15) is 0 Å². The van der Waals surface area contributed by atoms with E-state index in [9.17, 15) is 4.79 Å². The molecule has 0 saturated carbocycles. The first kappa shape index (κ1) is 14.6. The first-order valence-electron chi connectivity index (χ1n) is 5.68. The predicted molar refractivity (Wildman–Crippen MR) is 69.1 cm³/mol. The van der Waals surface area contributed by atoms with E-state index in [-0.39, 0.29) is 6.04 Å². The Labute approximate surface area is 98.5 Å². The maximum atomic E-state index is 10.3. The van der Waals surface area contributed by atoms with Crippen molar-refractivity contribution in [2.75, 3.05) is 0 Å². The molecule has 0 heterocycles. The van der Waals surface area contributed by atoms with Crippen molar-refractivity contribution < 1.29 is 4.79 Å². The van der Waals surface area contributed by atoms with Gasteiger partial charge in [-0.15, -0.1) is 13.2 Å². The molecule has 88 valence electrons. The van der Waals surface area contributed by atoms with Gasteiger partial charge in [-0.25, -0.2) is 9.79 Å². The van der Waals surface area contributed by atoms with Crippen LogP contribution in [0.15, 0.2) is 42.5 Å². The number of isocyanates is 1. The Bertz CT molecular complexity index is 274.